The molecule has 6 heteroatoms. The van der Waals surface area contributed by atoms with Crippen molar-refractivity contribution in [3.05, 3.63) is 33.0 Å². The van der Waals surface area contributed by atoms with Gasteiger partial charge in [-0.2, -0.15) is 0 Å². The molecule has 0 radical (unpaired) electrons. The Balaban J connectivity index is 2.48. The fourth-order valence-electron chi connectivity index (χ4n) is 0.976. The summed E-state index contributed by atoms with van der Waals surface area (Å²) in [6.07, 6.45) is 1.47. The van der Waals surface area contributed by atoms with Crippen molar-refractivity contribution >= 4 is 22.9 Å². The molecular formula is C8H6ClN3OS. The molecule has 0 aliphatic carbocycles. The maximum Gasteiger partial charge on any atom is 0.255 e. The van der Waals surface area contributed by atoms with Crippen LogP contribution in [0.15, 0.2) is 21.9 Å². The van der Waals surface area contributed by atoms with Gasteiger partial charge >= 0.3 is 0 Å². The summed E-state index contributed by atoms with van der Waals surface area (Å²) in [5, 5.41) is 1.82. The van der Waals surface area contributed by atoms with Crippen LogP contribution in [0.2, 0.25) is 0 Å². The number of halogens is 1. The van der Waals surface area contributed by atoms with Crippen LogP contribution in [0.5, 0.6) is 0 Å². The topological polar surface area (TPSA) is 58.6 Å². The second-order valence-electron chi connectivity index (χ2n) is 2.59. The summed E-state index contributed by atoms with van der Waals surface area (Å²) in [6, 6.07) is 0. The Morgan fingerprint density at radius 2 is 2.36 bits per heavy atom. The summed E-state index contributed by atoms with van der Waals surface area (Å²) < 4.78 is 0. The van der Waals surface area contributed by atoms with Crippen molar-refractivity contribution in [1.29, 1.82) is 0 Å². The highest BCUT2D eigenvalue weighted by molar-refractivity contribution is 7.07. The molecule has 2 aromatic rings. The van der Waals surface area contributed by atoms with E-state index in [0.29, 0.717) is 17.1 Å². The molecule has 14 heavy (non-hydrogen) atoms. The molecule has 1 N–H and O–H groups in total. The zero-order valence-corrected chi connectivity index (χ0v) is 8.60. The summed E-state index contributed by atoms with van der Waals surface area (Å²) in [5.74, 6) is 0.643. The molecular weight excluding hydrogens is 222 g/mol. The lowest BCUT2D eigenvalue weighted by atomic mass is 10.3. The second kappa shape index (κ2) is 3.89. The van der Waals surface area contributed by atoms with Gasteiger partial charge < -0.3 is 4.98 Å². The Morgan fingerprint density at radius 3 is 2.93 bits per heavy atom. The normalized spacial score (nSPS) is 10.4. The first-order chi connectivity index (χ1) is 6.81. The maximum absolute atomic E-state index is 11.4. The minimum atomic E-state index is -0.210. The van der Waals surface area contributed by atoms with Crippen LogP contribution < -0.4 is 5.56 Å². The lowest BCUT2D eigenvalue weighted by Gasteiger charge is -1.96. The van der Waals surface area contributed by atoms with Gasteiger partial charge in [-0.1, -0.05) is 0 Å². The van der Waals surface area contributed by atoms with E-state index in [0.717, 1.165) is 0 Å². The van der Waals surface area contributed by atoms with Crippen LogP contribution in [0.4, 0.5) is 0 Å². The minimum absolute atomic E-state index is 0.166. The van der Waals surface area contributed by atoms with Gasteiger partial charge in [0.05, 0.1) is 17.0 Å². The molecule has 0 bridgehead atoms. The fraction of sp³-hybridized carbons (Fsp3) is 0.125. The molecule has 0 saturated heterocycles. The van der Waals surface area contributed by atoms with Gasteiger partial charge in [0.25, 0.3) is 5.56 Å². The highest BCUT2D eigenvalue weighted by Gasteiger charge is 2.04. The number of aromatic amines is 1. The molecule has 72 valence electrons. The SMILES string of the molecule is O=c1[nH]c(-c2cscn2)ncc1CCl. The van der Waals surface area contributed by atoms with Gasteiger partial charge in [-0.25, -0.2) is 9.97 Å². The average Bonchev–Trinajstić information content (AvgIpc) is 2.70. The lowest BCUT2D eigenvalue weighted by Crippen LogP contribution is -2.13. The molecule has 0 spiro atoms. The van der Waals surface area contributed by atoms with E-state index >= 15 is 0 Å². The van der Waals surface area contributed by atoms with Crippen molar-refractivity contribution < 1.29 is 0 Å². The van der Waals surface area contributed by atoms with Crippen LogP contribution in [0.25, 0.3) is 11.5 Å². The third-order valence-corrected chi connectivity index (χ3v) is 2.57. The van der Waals surface area contributed by atoms with E-state index < -0.39 is 0 Å². The van der Waals surface area contributed by atoms with E-state index in [9.17, 15) is 4.79 Å². The van der Waals surface area contributed by atoms with E-state index in [1.165, 1.54) is 17.5 Å². The zero-order valence-electron chi connectivity index (χ0n) is 7.03. The van der Waals surface area contributed by atoms with Crippen LogP contribution in [0.3, 0.4) is 0 Å². The van der Waals surface area contributed by atoms with Gasteiger partial charge in [0.2, 0.25) is 0 Å². The van der Waals surface area contributed by atoms with E-state index in [4.69, 9.17) is 11.6 Å². The molecule has 0 aliphatic rings. The summed E-state index contributed by atoms with van der Waals surface area (Å²) in [5.41, 5.74) is 2.61. The molecule has 0 fully saturated rings. The van der Waals surface area contributed by atoms with Gasteiger partial charge in [-0.05, 0) is 0 Å². The third-order valence-electron chi connectivity index (χ3n) is 1.69. The Morgan fingerprint density at radius 1 is 1.50 bits per heavy atom. The average molecular weight is 228 g/mol. The molecule has 2 aromatic heterocycles. The van der Waals surface area contributed by atoms with Gasteiger partial charge in [0.1, 0.15) is 5.69 Å². The summed E-state index contributed by atoms with van der Waals surface area (Å²) >= 11 is 6.99. The quantitative estimate of drug-likeness (QED) is 0.794. The van der Waals surface area contributed by atoms with E-state index in [2.05, 4.69) is 15.0 Å². The van der Waals surface area contributed by atoms with Crippen LogP contribution in [0.1, 0.15) is 5.56 Å². The Labute approximate surface area is 88.6 Å². The summed E-state index contributed by atoms with van der Waals surface area (Å²) in [4.78, 5) is 22.1. The first-order valence-corrected chi connectivity index (χ1v) is 5.31. The van der Waals surface area contributed by atoms with Gasteiger partial charge in [-0.3, -0.25) is 4.79 Å². The smallest absolute Gasteiger partial charge is 0.255 e. The standard InChI is InChI=1S/C8H6ClN3OS/c9-1-5-2-10-7(12-8(5)13)6-3-14-4-11-6/h2-4H,1H2,(H,10,12,13). The number of nitrogens with zero attached hydrogens (tertiary/aromatic N) is 2. The number of nitrogens with one attached hydrogen (secondary N) is 1. The minimum Gasteiger partial charge on any atom is -0.305 e. The van der Waals surface area contributed by atoms with Crippen molar-refractivity contribution in [1.82, 2.24) is 15.0 Å². The van der Waals surface area contributed by atoms with Crippen molar-refractivity contribution in [3.63, 3.8) is 0 Å². The molecule has 0 atom stereocenters. The van der Waals surface area contributed by atoms with Crippen LogP contribution in [-0.2, 0) is 5.88 Å². The van der Waals surface area contributed by atoms with E-state index in [1.54, 1.807) is 5.51 Å². The second-order valence-corrected chi connectivity index (χ2v) is 3.58. The third kappa shape index (κ3) is 1.69. The number of hydrogen-bond donors (Lipinski definition) is 1. The number of thiazole rings is 1. The number of rotatable bonds is 2. The maximum atomic E-state index is 11.4. The van der Waals surface area contributed by atoms with Gasteiger partial charge in [-0.15, -0.1) is 22.9 Å². The van der Waals surface area contributed by atoms with E-state index in [-0.39, 0.29) is 11.4 Å². The summed E-state index contributed by atoms with van der Waals surface area (Å²) in [7, 11) is 0. The highest BCUT2D eigenvalue weighted by atomic mass is 35.5. The van der Waals surface area contributed by atoms with Gasteiger partial charge in [0.15, 0.2) is 5.82 Å². The molecule has 0 unspecified atom stereocenters. The molecule has 0 aromatic carbocycles. The van der Waals surface area contributed by atoms with Crippen molar-refractivity contribution in [2.24, 2.45) is 0 Å². The van der Waals surface area contributed by atoms with Gasteiger partial charge in [0, 0.05) is 11.6 Å². The molecule has 0 saturated carbocycles. The van der Waals surface area contributed by atoms with Crippen molar-refractivity contribution in [2.45, 2.75) is 5.88 Å². The lowest BCUT2D eigenvalue weighted by molar-refractivity contribution is 1.06. The number of alkyl halides is 1. The number of H-pyrrole nitrogens is 1. The Hall–Kier alpha value is -1.20. The molecule has 2 heterocycles. The van der Waals surface area contributed by atoms with Crippen molar-refractivity contribution in [3.8, 4) is 11.5 Å². The predicted molar refractivity (Wildman–Crippen MR) is 55.5 cm³/mol. The van der Waals surface area contributed by atoms with Crippen LogP contribution >= 0.6 is 22.9 Å². The number of hydrogen-bond acceptors (Lipinski definition) is 4. The van der Waals surface area contributed by atoms with Crippen LogP contribution in [-0.4, -0.2) is 15.0 Å². The highest BCUT2D eigenvalue weighted by Crippen LogP contribution is 2.12. The monoisotopic (exact) mass is 227 g/mol. The molecule has 0 aliphatic heterocycles. The Kier molecular flexibility index (Phi) is 2.60. The first-order valence-electron chi connectivity index (χ1n) is 3.84. The molecule has 0 amide bonds. The fourth-order valence-corrected chi connectivity index (χ4v) is 1.70. The Bertz CT molecular complexity index is 480. The summed E-state index contributed by atoms with van der Waals surface area (Å²) in [6.45, 7) is 0. The predicted octanol–water partition coefficient (Wildman–Crippen LogP) is 1.63. The van der Waals surface area contributed by atoms with Crippen LogP contribution in [0, 0.1) is 0 Å². The van der Waals surface area contributed by atoms with Crippen molar-refractivity contribution in [2.75, 3.05) is 0 Å². The largest absolute Gasteiger partial charge is 0.305 e. The molecule has 4 nitrogen and oxygen atoms in total. The first kappa shape index (κ1) is 9.36. The van der Waals surface area contributed by atoms with E-state index in [1.807, 2.05) is 5.38 Å². The molecule has 2 rings (SSSR count). The number of aromatic nitrogens is 3. The zero-order chi connectivity index (χ0) is 9.97.